The summed E-state index contributed by atoms with van der Waals surface area (Å²) in [6, 6.07) is 26.4. The molecule has 1 unspecified atom stereocenters. The predicted molar refractivity (Wildman–Crippen MR) is 120 cm³/mol. The number of phenols is 1. The Morgan fingerprint density at radius 2 is 1.50 bits per heavy atom. The molecule has 0 aliphatic heterocycles. The third kappa shape index (κ3) is 3.20. The highest BCUT2D eigenvalue weighted by Crippen LogP contribution is 2.41. The van der Waals surface area contributed by atoms with E-state index in [1.165, 1.54) is 5.56 Å². The Kier molecular flexibility index (Phi) is 4.68. The van der Waals surface area contributed by atoms with Crippen molar-refractivity contribution in [3.63, 3.8) is 0 Å². The van der Waals surface area contributed by atoms with Crippen molar-refractivity contribution in [2.75, 3.05) is 11.9 Å². The van der Waals surface area contributed by atoms with Gasteiger partial charge in [-0.1, -0.05) is 72.8 Å². The van der Waals surface area contributed by atoms with Gasteiger partial charge >= 0.3 is 0 Å². The zero-order chi connectivity index (χ0) is 20.5. The van der Waals surface area contributed by atoms with Crippen LogP contribution in [0.5, 0.6) is 5.75 Å². The average molecular weight is 393 g/mol. The lowest BCUT2D eigenvalue weighted by Crippen LogP contribution is -2.23. The van der Waals surface area contributed by atoms with Crippen molar-refractivity contribution in [1.29, 1.82) is 0 Å². The van der Waals surface area contributed by atoms with Crippen LogP contribution in [-0.4, -0.2) is 22.1 Å². The van der Waals surface area contributed by atoms with Crippen LogP contribution in [0.15, 0.2) is 85.1 Å². The second kappa shape index (κ2) is 7.64. The van der Waals surface area contributed by atoms with Crippen LogP contribution in [0.2, 0.25) is 0 Å². The minimum absolute atomic E-state index is 0.174. The molecule has 4 nitrogen and oxygen atoms in total. The minimum atomic E-state index is 0.174. The second-order valence-electron chi connectivity index (χ2n) is 7.67. The van der Waals surface area contributed by atoms with Crippen LogP contribution in [0.4, 0.5) is 5.82 Å². The summed E-state index contributed by atoms with van der Waals surface area (Å²) in [5.41, 5.74) is 6.07. The van der Waals surface area contributed by atoms with E-state index in [4.69, 9.17) is 9.97 Å². The molecule has 0 bridgehead atoms. The average Bonchev–Trinajstić information content (AvgIpc) is 3.25. The second-order valence-corrected chi connectivity index (χ2v) is 7.67. The molecule has 3 aromatic carbocycles. The van der Waals surface area contributed by atoms with E-state index in [0.717, 1.165) is 46.7 Å². The molecule has 0 spiro atoms. The lowest BCUT2D eigenvalue weighted by molar-refractivity contribution is 0.469. The molecule has 0 saturated heterocycles. The Bertz CT molecular complexity index is 1180. The van der Waals surface area contributed by atoms with Crippen molar-refractivity contribution < 1.29 is 5.11 Å². The Morgan fingerprint density at radius 3 is 2.20 bits per heavy atom. The Hall–Kier alpha value is -3.66. The van der Waals surface area contributed by atoms with Gasteiger partial charge in [0.1, 0.15) is 11.6 Å². The lowest BCUT2D eigenvalue weighted by atomic mass is 10.0. The van der Waals surface area contributed by atoms with Crippen LogP contribution >= 0.6 is 0 Å². The Morgan fingerprint density at radius 1 is 0.833 bits per heavy atom. The first-order chi connectivity index (χ1) is 14.7. The molecular formula is C26H23N3O. The first-order valence-corrected chi connectivity index (χ1v) is 10.2. The fourth-order valence-electron chi connectivity index (χ4n) is 4.33. The topological polar surface area (TPSA) is 49.2 Å². The summed E-state index contributed by atoms with van der Waals surface area (Å²) in [7, 11) is 2.06. The van der Waals surface area contributed by atoms with E-state index >= 15 is 0 Å². The summed E-state index contributed by atoms with van der Waals surface area (Å²) < 4.78 is 0. The van der Waals surface area contributed by atoms with Crippen molar-refractivity contribution >= 4 is 5.82 Å². The maximum Gasteiger partial charge on any atom is 0.148 e. The highest BCUT2D eigenvalue weighted by Gasteiger charge is 2.29. The number of phenolic OH excluding ortho intramolecular Hbond substituents is 1. The maximum absolute atomic E-state index is 10.2. The maximum atomic E-state index is 10.2. The summed E-state index contributed by atoms with van der Waals surface area (Å²) >= 11 is 0. The van der Waals surface area contributed by atoms with Gasteiger partial charge in [-0.05, 0) is 30.0 Å². The van der Waals surface area contributed by atoms with Gasteiger partial charge < -0.3 is 10.0 Å². The number of benzene rings is 3. The molecule has 5 rings (SSSR count). The third-order valence-electron chi connectivity index (χ3n) is 5.90. The van der Waals surface area contributed by atoms with Crippen LogP contribution in [0.3, 0.4) is 0 Å². The van der Waals surface area contributed by atoms with E-state index < -0.39 is 0 Å². The zero-order valence-corrected chi connectivity index (χ0v) is 16.9. The number of hydrogen-bond donors (Lipinski definition) is 1. The molecule has 1 aliphatic carbocycles. The summed E-state index contributed by atoms with van der Waals surface area (Å²) in [5.74, 6) is 1.22. The number of hydrogen-bond acceptors (Lipinski definition) is 4. The van der Waals surface area contributed by atoms with Gasteiger partial charge in [0.2, 0.25) is 0 Å². The van der Waals surface area contributed by atoms with Crippen molar-refractivity contribution in [3.8, 4) is 28.3 Å². The van der Waals surface area contributed by atoms with Crippen LogP contribution in [0, 0.1) is 0 Å². The number of aromatic nitrogens is 2. The van der Waals surface area contributed by atoms with E-state index in [0.29, 0.717) is 5.75 Å². The first kappa shape index (κ1) is 18.4. The van der Waals surface area contributed by atoms with Crippen molar-refractivity contribution in [1.82, 2.24) is 9.97 Å². The first-order valence-electron chi connectivity index (χ1n) is 10.2. The number of nitrogens with zero attached hydrogens (tertiary/aromatic N) is 3. The van der Waals surface area contributed by atoms with Crippen LogP contribution < -0.4 is 4.90 Å². The number of anilines is 1. The van der Waals surface area contributed by atoms with Crippen molar-refractivity contribution in [2.45, 2.75) is 18.9 Å². The summed E-state index contributed by atoms with van der Waals surface area (Å²) in [4.78, 5) is 12.1. The summed E-state index contributed by atoms with van der Waals surface area (Å²) in [6.07, 6.45) is 3.68. The molecule has 0 radical (unpaired) electrons. The molecule has 0 amide bonds. The monoisotopic (exact) mass is 393 g/mol. The minimum Gasteiger partial charge on any atom is -0.508 e. The molecule has 148 valence electrons. The molecule has 30 heavy (non-hydrogen) atoms. The van der Waals surface area contributed by atoms with Gasteiger partial charge in [0, 0.05) is 18.2 Å². The molecule has 1 heterocycles. The summed E-state index contributed by atoms with van der Waals surface area (Å²) in [6.45, 7) is 0. The van der Waals surface area contributed by atoms with Gasteiger partial charge in [0.05, 0.1) is 23.6 Å². The predicted octanol–water partition coefficient (Wildman–Crippen LogP) is 5.64. The zero-order valence-electron chi connectivity index (χ0n) is 16.9. The highest BCUT2D eigenvalue weighted by molar-refractivity contribution is 5.78. The van der Waals surface area contributed by atoms with E-state index in [9.17, 15) is 5.11 Å². The molecule has 4 heteroatoms. The van der Waals surface area contributed by atoms with Crippen molar-refractivity contribution in [2.24, 2.45) is 0 Å². The molecule has 4 aromatic rings. The fraction of sp³-hybridized carbons (Fsp3) is 0.154. The van der Waals surface area contributed by atoms with Gasteiger partial charge in [-0.3, -0.25) is 4.98 Å². The van der Waals surface area contributed by atoms with Crippen LogP contribution in [0.1, 0.15) is 23.6 Å². The number of aromatic hydroxyl groups is 1. The highest BCUT2D eigenvalue weighted by atomic mass is 16.3. The SMILES string of the molecule is CN(c1cnc(-c2ccccc2)c(-c2ccccc2)n1)C1CCc2c(O)cccc21. The molecule has 0 fully saturated rings. The van der Waals surface area contributed by atoms with E-state index in [2.05, 4.69) is 42.3 Å². The number of rotatable bonds is 4. The third-order valence-corrected chi connectivity index (χ3v) is 5.90. The van der Waals surface area contributed by atoms with Gasteiger partial charge in [0.15, 0.2) is 0 Å². The van der Waals surface area contributed by atoms with Crippen LogP contribution in [0.25, 0.3) is 22.5 Å². The molecule has 1 aromatic heterocycles. The molecule has 0 saturated carbocycles. The fourth-order valence-corrected chi connectivity index (χ4v) is 4.33. The van der Waals surface area contributed by atoms with Gasteiger partial charge in [-0.2, -0.15) is 0 Å². The van der Waals surface area contributed by atoms with E-state index in [1.807, 2.05) is 48.7 Å². The molecule has 1 aliphatic rings. The Balaban J connectivity index is 1.59. The van der Waals surface area contributed by atoms with E-state index in [1.54, 1.807) is 6.07 Å². The number of fused-ring (bicyclic) bond motifs is 1. The van der Waals surface area contributed by atoms with Crippen LogP contribution in [-0.2, 0) is 6.42 Å². The quantitative estimate of drug-likeness (QED) is 0.487. The standard InChI is InChI=1S/C26H23N3O/c1-29(22-16-15-21-20(22)13-8-14-23(21)30)24-17-27-25(18-9-4-2-5-10-18)26(28-24)19-11-6-3-7-12-19/h2-14,17,22,30H,15-16H2,1H3. The van der Waals surface area contributed by atoms with Gasteiger partial charge in [0.25, 0.3) is 0 Å². The van der Waals surface area contributed by atoms with Gasteiger partial charge in [-0.25, -0.2) is 4.98 Å². The van der Waals surface area contributed by atoms with E-state index in [-0.39, 0.29) is 6.04 Å². The smallest absolute Gasteiger partial charge is 0.148 e. The normalized spacial score (nSPS) is 15.0. The molecule has 1 atom stereocenters. The van der Waals surface area contributed by atoms with Gasteiger partial charge in [-0.15, -0.1) is 0 Å². The summed E-state index contributed by atoms with van der Waals surface area (Å²) in [5, 5.41) is 10.2. The Labute approximate surface area is 176 Å². The molecule has 1 N–H and O–H groups in total. The molecular weight excluding hydrogens is 370 g/mol. The largest absolute Gasteiger partial charge is 0.508 e. The lowest BCUT2D eigenvalue weighted by Gasteiger charge is -2.27. The van der Waals surface area contributed by atoms with Crippen molar-refractivity contribution in [3.05, 3.63) is 96.2 Å².